The van der Waals surface area contributed by atoms with Crippen LogP contribution < -0.4 is 10.2 Å². The van der Waals surface area contributed by atoms with Gasteiger partial charge in [0.2, 0.25) is 0 Å². The Hall–Kier alpha value is 0.439. The number of carboxylic acid groups (broad SMARTS) is 2. The van der Waals surface area contributed by atoms with Crippen molar-refractivity contribution in [3.8, 4) is 0 Å². The molecular weight excluding hydrogens is 583 g/mol. The predicted octanol–water partition coefficient (Wildman–Crippen LogP) is 6.95. The van der Waals surface area contributed by atoms with Crippen LogP contribution in [-0.4, -0.2) is 39.1 Å². The predicted molar refractivity (Wildman–Crippen MR) is 154 cm³/mol. The molecule has 0 saturated heterocycles. The van der Waals surface area contributed by atoms with Gasteiger partial charge in [-0.05, 0) is 0 Å². The van der Waals surface area contributed by atoms with E-state index in [4.69, 9.17) is 0 Å². The summed E-state index contributed by atoms with van der Waals surface area (Å²) in [7, 11) is 3.34. The summed E-state index contributed by atoms with van der Waals surface area (Å²) >= 11 is -3.55. The molecule has 7 heteroatoms. The monoisotopic (exact) mass is 638 g/mol. The van der Waals surface area contributed by atoms with E-state index in [0.29, 0.717) is 11.8 Å². The minimum atomic E-state index is -3.55. The Labute approximate surface area is 226 Å². The minimum absolute atomic E-state index is 0.00356. The number of carboxylic acids is 2. The third-order valence-electron chi connectivity index (χ3n) is 7.82. The van der Waals surface area contributed by atoms with Gasteiger partial charge in [0.25, 0.3) is 0 Å². The van der Waals surface area contributed by atoms with E-state index in [-0.39, 0.29) is 14.9 Å². The first-order chi connectivity index (χ1) is 16.7. The maximum atomic E-state index is 11.7. The van der Waals surface area contributed by atoms with Crippen molar-refractivity contribution in [1.82, 2.24) is 0 Å². The summed E-state index contributed by atoms with van der Waals surface area (Å²) < 4.78 is 1.08. The molecule has 0 aliphatic rings. The molecule has 35 heavy (non-hydrogen) atoms. The summed E-state index contributed by atoms with van der Waals surface area (Å²) in [6.45, 7) is 13.8. The molecule has 0 aromatic carbocycles. The van der Waals surface area contributed by atoms with E-state index in [0.717, 1.165) is 43.0 Å². The molecule has 0 heterocycles. The molecule has 0 saturated carbocycles. The zero-order chi connectivity index (χ0) is 26.7. The van der Waals surface area contributed by atoms with E-state index < -0.39 is 27.5 Å². The second-order valence-corrected chi connectivity index (χ2v) is 36.0. The van der Waals surface area contributed by atoms with Crippen LogP contribution in [0.2, 0.25) is 7.87 Å². The standard InChI is InChI=1S/C20H41.C4H9.2C2H4O2S.Sn/c1-6-9-11-13-16-18(4)20(15-8-3)19(5)17-14-12-10-7-2;1-3-4-2;2*3-2(4)1-5;/h18-19H,6-17H2,1-5H3;1,3-4H2,2H3;2*5H,1H2,(H,3,4);/q;;;;+2/p-4. The quantitative estimate of drug-likeness (QED) is 0.0843. The van der Waals surface area contributed by atoms with Crippen LogP contribution in [0.1, 0.15) is 131 Å². The normalized spacial score (nSPS) is 15.5. The van der Waals surface area contributed by atoms with E-state index >= 15 is 0 Å². The van der Waals surface area contributed by atoms with Crippen LogP contribution in [0.5, 0.6) is 0 Å². The first-order valence-corrected chi connectivity index (χ1v) is 26.8. The number of carbonyl (C=O) groups is 2. The van der Waals surface area contributed by atoms with E-state index in [1.807, 2.05) is 0 Å². The molecule has 2 unspecified atom stereocenters. The van der Waals surface area contributed by atoms with Gasteiger partial charge in [-0.3, -0.25) is 0 Å². The van der Waals surface area contributed by atoms with Gasteiger partial charge >= 0.3 is 228 Å². The number of rotatable bonds is 24. The first kappa shape index (κ1) is 35.4. The van der Waals surface area contributed by atoms with E-state index in [1.54, 1.807) is 17.9 Å². The van der Waals surface area contributed by atoms with Gasteiger partial charge in [0.1, 0.15) is 0 Å². The van der Waals surface area contributed by atoms with Crippen molar-refractivity contribution in [1.29, 1.82) is 0 Å². The van der Waals surface area contributed by atoms with Gasteiger partial charge in [0.15, 0.2) is 0 Å². The molecule has 0 aliphatic heterocycles. The molecule has 4 nitrogen and oxygen atoms in total. The van der Waals surface area contributed by atoms with Gasteiger partial charge in [0, 0.05) is 0 Å². The van der Waals surface area contributed by atoms with E-state index in [1.165, 1.54) is 51.4 Å². The fourth-order valence-electron chi connectivity index (χ4n) is 6.05. The number of hydrogen-bond donors (Lipinski definition) is 0. The summed E-state index contributed by atoms with van der Waals surface area (Å²) in [4.78, 5) is 23.5. The van der Waals surface area contributed by atoms with Crippen LogP contribution in [0, 0.1) is 11.8 Å². The molecule has 208 valence electrons. The van der Waals surface area contributed by atoms with Crippen molar-refractivity contribution in [3.05, 3.63) is 0 Å². The average Bonchev–Trinajstić information content (AvgIpc) is 2.82. The fourth-order valence-corrected chi connectivity index (χ4v) is 44.8. The molecule has 0 rings (SSSR count). The Morgan fingerprint density at radius 3 is 1.46 bits per heavy atom. The topological polar surface area (TPSA) is 80.3 Å². The summed E-state index contributed by atoms with van der Waals surface area (Å²) in [6.07, 6.45) is 16.4. The third kappa shape index (κ3) is 12.2. The van der Waals surface area contributed by atoms with Gasteiger partial charge < -0.3 is 0 Å². The van der Waals surface area contributed by atoms with Crippen molar-refractivity contribution in [2.24, 2.45) is 11.8 Å². The molecule has 0 bridgehead atoms. The first-order valence-electron chi connectivity index (χ1n) is 14.3. The zero-order valence-corrected chi connectivity index (χ0v) is 28.1. The summed E-state index contributed by atoms with van der Waals surface area (Å²) in [5, 5.41) is 23.5. The molecule has 0 fully saturated rings. The van der Waals surface area contributed by atoms with E-state index in [2.05, 4.69) is 41.5 Å². The molecule has 0 radical (unpaired) electrons. The Kier molecular flexibility index (Phi) is 20.7. The summed E-state index contributed by atoms with van der Waals surface area (Å²) in [6, 6.07) is 0. The van der Waals surface area contributed by atoms with Crippen molar-refractivity contribution in [2.45, 2.75) is 139 Å². The number of aliphatic carboxylic acids is 2. The van der Waals surface area contributed by atoms with E-state index in [9.17, 15) is 19.8 Å². The summed E-state index contributed by atoms with van der Waals surface area (Å²) in [5.41, 5.74) is 0. The van der Waals surface area contributed by atoms with Gasteiger partial charge in [0.05, 0.1) is 0 Å². The van der Waals surface area contributed by atoms with Crippen LogP contribution in [0.15, 0.2) is 0 Å². The van der Waals surface area contributed by atoms with Crippen LogP contribution >= 0.6 is 17.9 Å². The number of unbranched alkanes of at least 4 members (excludes halogenated alkanes) is 7. The van der Waals surface area contributed by atoms with Gasteiger partial charge in [-0.25, -0.2) is 0 Å². The molecule has 0 aliphatic carbocycles. The molecule has 0 spiro atoms. The Balaban J connectivity index is 6.61. The summed E-state index contributed by atoms with van der Waals surface area (Å²) in [5.74, 6) is -1.10. The SMILES string of the molecule is CCCCCCC(C)[C](CCC)(C(C)CCCCCC)[Sn]([CH2]CCC)([S]CC(=O)[O-])[S]CC(=O)[O-]. The van der Waals surface area contributed by atoms with Crippen molar-refractivity contribution < 1.29 is 19.8 Å². The molecule has 0 aromatic rings. The number of hydrogen-bond acceptors (Lipinski definition) is 6. The van der Waals surface area contributed by atoms with Gasteiger partial charge in [-0.15, -0.1) is 0 Å². The Morgan fingerprint density at radius 2 is 1.11 bits per heavy atom. The molecule has 2 atom stereocenters. The van der Waals surface area contributed by atoms with Crippen molar-refractivity contribution >= 4 is 45.4 Å². The second kappa shape index (κ2) is 20.4. The maximum absolute atomic E-state index is 11.7. The van der Waals surface area contributed by atoms with Crippen molar-refractivity contribution in [2.75, 3.05) is 11.5 Å². The van der Waals surface area contributed by atoms with Crippen LogP contribution in [0.3, 0.4) is 0 Å². The third-order valence-corrected chi connectivity index (χ3v) is 43.0. The second-order valence-electron chi connectivity index (χ2n) is 10.5. The van der Waals surface area contributed by atoms with Gasteiger partial charge in [-0.1, -0.05) is 0 Å². The molecule has 0 amide bonds. The fraction of sp³-hybridized carbons (Fsp3) is 0.929. The Bertz CT molecular complexity index is 537. The van der Waals surface area contributed by atoms with Crippen LogP contribution in [0.4, 0.5) is 0 Å². The Morgan fingerprint density at radius 1 is 0.686 bits per heavy atom. The van der Waals surface area contributed by atoms with Gasteiger partial charge in [-0.2, -0.15) is 0 Å². The van der Waals surface area contributed by atoms with Crippen LogP contribution in [-0.2, 0) is 9.59 Å². The average molecular weight is 638 g/mol. The number of carbonyl (C=O) groups excluding carboxylic acids is 2. The molecular formula is C28H54O4S2Sn-2. The molecule has 0 aromatic heterocycles. The zero-order valence-electron chi connectivity index (χ0n) is 23.6. The molecule has 0 N–H and O–H groups in total. The van der Waals surface area contributed by atoms with Crippen LogP contribution in [0.25, 0.3) is 0 Å². The van der Waals surface area contributed by atoms with Crippen molar-refractivity contribution in [3.63, 3.8) is 0 Å².